The summed E-state index contributed by atoms with van der Waals surface area (Å²) in [5, 5.41) is 3.32. The zero-order valence-corrected chi connectivity index (χ0v) is 20.7. The molecule has 1 aliphatic heterocycles. The maximum absolute atomic E-state index is 11.5. The average Bonchev–Trinajstić information content (AvgIpc) is 2.84. The quantitative estimate of drug-likeness (QED) is 0.166. The van der Waals surface area contributed by atoms with Crippen LogP contribution >= 0.6 is 0 Å². The summed E-state index contributed by atoms with van der Waals surface area (Å²) in [5.41, 5.74) is 0. The van der Waals surface area contributed by atoms with Crippen LogP contribution in [0.2, 0.25) is 0 Å². The van der Waals surface area contributed by atoms with Crippen LogP contribution < -0.4 is 5.32 Å². The Hall–Kier alpha value is -0.810. The maximum Gasteiger partial charge on any atom is 0.305 e. The zero-order chi connectivity index (χ0) is 23.7. The minimum Gasteiger partial charge on any atom is -0.463 e. The van der Waals surface area contributed by atoms with Gasteiger partial charge < -0.3 is 38.5 Å². The van der Waals surface area contributed by atoms with Crippen molar-refractivity contribution in [2.75, 3.05) is 92.4 Å². The van der Waals surface area contributed by atoms with Gasteiger partial charge in [-0.2, -0.15) is 0 Å². The molecule has 0 saturated carbocycles. The van der Waals surface area contributed by atoms with E-state index in [2.05, 4.69) is 12.2 Å². The second-order valence-corrected chi connectivity index (χ2v) is 7.91. The van der Waals surface area contributed by atoms with Gasteiger partial charge in [0.1, 0.15) is 6.61 Å². The smallest absolute Gasteiger partial charge is 0.305 e. The van der Waals surface area contributed by atoms with Crippen LogP contribution in [0.4, 0.5) is 0 Å². The first-order valence-corrected chi connectivity index (χ1v) is 12.7. The molecule has 0 amide bonds. The Morgan fingerprint density at radius 1 is 0.667 bits per heavy atom. The molecule has 0 bridgehead atoms. The third kappa shape index (κ3) is 21.5. The lowest BCUT2D eigenvalue weighted by Crippen LogP contribution is -2.33. The van der Waals surface area contributed by atoms with Crippen LogP contribution in [0.5, 0.6) is 0 Å². The standard InChI is InChI=1S/C24H47NO8/c1-2-3-4-5-6-24(26)33-22-20-31-18-16-29-14-12-27-11-13-28-15-17-30-19-21-32-23-7-9-25-10-8-23/h23,25H,2-22H2,1H3. The van der Waals surface area contributed by atoms with Gasteiger partial charge in [0.15, 0.2) is 0 Å². The Balaban J connectivity index is 1.66. The van der Waals surface area contributed by atoms with Gasteiger partial charge >= 0.3 is 5.97 Å². The van der Waals surface area contributed by atoms with Gasteiger partial charge in [-0.25, -0.2) is 0 Å². The van der Waals surface area contributed by atoms with Crippen molar-refractivity contribution in [1.82, 2.24) is 5.32 Å². The molecular weight excluding hydrogens is 430 g/mol. The van der Waals surface area contributed by atoms with Crippen molar-refractivity contribution in [2.24, 2.45) is 0 Å². The number of hydrogen-bond acceptors (Lipinski definition) is 9. The van der Waals surface area contributed by atoms with Gasteiger partial charge in [0.25, 0.3) is 0 Å². The predicted octanol–water partition coefficient (Wildman–Crippen LogP) is 2.35. The zero-order valence-electron chi connectivity index (χ0n) is 20.7. The third-order valence-electron chi connectivity index (χ3n) is 5.08. The summed E-state index contributed by atoms with van der Waals surface area (Å²) >= 11 is 0. The van der Waals surface area contributed by atoms with Gasteiger partial charge in [-0.3, -0.25) is 4.79 Å². The molecule has 0 aromatic rings. The van der Waals surface area contributed by atoms with Crippen molar-refractivity contribution >= 4 is 5.97 Å². The van der Waals surface area contributed by atoms with Crippen LogP contribution in [0, 0.1) is 0 Å². The molecular formula is C24H47NO8. The minimum absolute atomic E-state index is 0.141. The fraction of sp³-hybridized carbons (Fsp3) is 0.958. The van der Waals surface area contributed by atoms with Crippen LogP contribution in [-0.4, -0.2) is 104 Å². The average molecular weight is 478 g/mol. The number of esters is 1. The monoisotopic (exact) mass is 477 g/mol. The van der Waals surface area contributed by atoms with Crippen molar-refractivity contribution in [2.45, 2.75) is 58.0 Å². The number of nitrogens with one attached hydrogen (secondary N) is 1. The van der Waals surface area contributed by atoms with Gasteiger partial charge in [-0.15, -0.1) is 0 Å². The van der Waals surface area contributed by atoms with E-state index in [9.17, 15) is 4.79 Å². The van der Waals surface area contributed by atoms with Crippen molar-refractivity contribution < 1.29 is 38.0 Å². The van der Waals surface area contributed by atoms with E-state index in [1.54, 1.807) is 0 Å². The van der Waals surface area contributed by atoms with Gasteiger partial charge in [0.05, 0.1) is 78.8 Å². The Bertz CT molecular complexity index is 421. The lowest BCUT2D eigenvalue weighted by atomic mass is 10.1. The molecule has 196 valence electrons. The van der Waals surface area contributed by atoms with Crippen molar-refractivity contribution in [1.29, 1.82) is 0 Å². The Labute approximate surface area is 200 Å². The number of carbonyl (C=O) groups is 1. The van der Waals surface area contributed by atoms with E-state index in [1.165, 1.54) is 6.42 Å². The SMILES string of the molecule is CCCCCCC(=O)OCCOCCOCCOCCOCCOCCOC1CCNCC1. The highest BCUT2D eigenvalue weighted by Gasteiger charge is 2.12. The first kappa shape index (κ1) is 30.2. The Morgan fingerprint density at radius 2 is 1.15 bits per heavy atom. The molecule has 0 aromatic heterocycles. The van der Waals surface area contributed by atoms with Crippen LogP contribution in [0.1, 0.15) is 51.9 Å². The number of carbonyl (C=O) groups excluding carboxylic acids is 1. The van der Waals surface area contributed by atoms with Gasteiger partial charge in [0.2, 0.25) is 0 Å². The van der Waals surface area contributed by atoms with E-state index in [0.717, 1.165) is 45.2 Å². The normalized spacial score (nSPS) is 14.6. The number of piperidine rings is 1. The summed E-state index contributed by atoms with van der Waals surface area (Å²) in [6.45, 7) is 10.4. The lowest BCUT2D eigenvalue weighted by Gasteiger charge is -2.22. The van der Waals surface area contributed by atoms with E-state index < -0.39 is 0 Å². The molecule has 9 nitrogen and oxygen atoms in total. The lowest BCUT2D eigenvalue weighted by molar-refractivity contribution is -0.145. The van der Waals surface area contributed by atoms with E-state index in [0.29, 0.717) is 91.8 Å². The Morgan fingerprint density at radius 3 is 1.67 bits per heavy atom. The molecule has 1 heterocycles. The van der Waals surface area contributed by atoms with Crippen LogP contribution in [0.25, 0.3) is 0 Å². The molecule has 0 spiro atoms. The molecule has 1 saturated heterocycles. The number of ether oxygens (including phenoxy) is 7. The van der Waals surface area contributed by atoms with E-state index in [-0.39, 0.29) is 5.97 Å². The summed E-state index contributed by atoms with van der Waals surface area (Å²) in [6, 6.07) is 0. The molecule has 1 aliphatic rings. The van der Waals surface area contributed by atoms with Gasteiger partial charge in [0, 0.05) is 6.42 Å². The number of rotatable bonds is 24. The predicted molar refractivity (Wildman–Crippen MR) is 126 cm³/mol. The molecule has 1 fully saturated rings. The fourth-order valence-corrected chi connectivity index (χ4v) is 3.20. The van der Waals surface area contributed by atoms with E-state index in [1.807, 2.05) is 0 Å². The number of hydrogen-bond donors (Lipinski definition) is 1. The molecule has 1 rings (SSSR count). The number of unbranched alkanes of at least 4 members (excludes halogenated alkanes) is 3. The van der Waals surface area contributed by atoms with Crippen molar-refractivity contribution in [3.05, 3.63) is 0 Å². The highest BCUT2D eigenvalue weighted by atomic mass is 16.6. The third-order valence-corrected chi connectivity index (χ3v) is 5.08. The first-order valence-electron chi connectivity index (χ1n) is 12.7. The van der Waals surface area contributed by atoms with Gasteiger partial charge in [-0.05, 0) is 32.4 Å². The van der Waals surface area contributed by atoms with Gasteiger partial charge in [-0.1, -0.05) is 26.2 Å². The summed E-state index contributed by atoms with van der Waals surface area (Å²) in [4.78, 5) is 11.5. The van der Waals surface area contributed by atoms with Crippen LogP contribution in [-0.2, 0) is 38.0 Å². The first-order chi connectivity index (χ1) is 16.3. The summed E-state index contributed by atoms with van der Waals surface area (Å²) in [6.07, 6.45) is 7.35. The van der Waals surface area contributed by atoms with Crippen LogP contribution in [0.3, 0.4) is 0 Å². The molecule has 0 atom stereocenters. The molecule has 1 N–H and O–H groups in total. The highest BCUT2D eigenvalue weighted by Crippen LogP contribution is 2.06. The summed E-state index contributed by atoms with van der Waals surface area (Å²) in [7, 11) is 0. The molecule has 33 heavy (non-hydrogen) atoms. The largest absolute Gasteiger partial charge is 0.463 e. The molecule has 9 heteroatoms. The summed E-state index contributed by atoms with van der Waals surface area (Å²) in [5.74, 6) is -0.141. The van der Waals surface area contributed by atoms with E-state index in [4.69, 9.17) is 33.2 Å². The van der Waals surface area contributed by atoms with Crippen LogP contribution in [0.15, 0.2) is 0 Å². The highest BCUT2D eigenvalue weighted by molar-refractivity contribution is 5.69. The van der Waals surface area contributed by atoms with E-state index >= 15 is 0 Å². The van der Waals surface area contributed by atoms with Crippen molar-refractivity contribution in [3.8, 4) is 0 Å². The van der Waals surface area contributed by atoms with Crippen molar-refractivity contribution in [3.63, 3.8) is 0 Å². The second kappa shape index (κ2) is 24.3. The molecule has 0 aliphatic carbocycles. The maximum atomic E-state index is 11.5. The second-order valence-electron chi connectivity index (χ2n) is 7.91. The topological polar surface area (TPSA) is 93.7 Å². The fourth-order valence-electron chi connectivity index (χ4n) is 3.20. The Kier molecular flexibility index (Phi) is 22.3. The molecule has 0 aromatic carbocycles. The molecule has 0 unspecified atom stereocenters. The molecule has 0 radical (unpaired) electrons. The summed E-state index contributed by atoms with van der Waals surface area (Å²) < 4.78 is 38.1. The minimum atomic E-state index is -0.141.